The van der Waals surface area contributed by atoms with Gasteiger partial charge in [0.1, 0.15) is 0 Å². The molecule has 0 aliphatic heterocycles. The van der Waals surface area contributed by atoms with Gasteiger partial charge in [-0.2, -0.15) is 0 Å². The number of hydrogen-bond acceptors (Lipinski definition) is 5. The second kappa shape index (κ2) is 7.50. The third-order valence-electron chi connectivity index (χ3n) is 2.86. The van der Waals surface area contributed by atoms with E-state index in [1.165, 1.54) is 0 Å². The van der Waals surface area contributed by atoms with Crippen molar-refractivity contribution in [2.75, 3.05) is 0 Å². The molecule has 142 valence electrons. The minimum Gasteiger partial charge on any atom is -0.479 e. The zero-order valence-electron chi connectivity index (χ0n) is 16.8. The van der Waals surface area contributed by atoms with Crippen LogP contribution in [-0.2, 0) is 23.8 Å². The van der Waals surface area contributed by atoms with E-state index in [-0.39, 0.29) is 6.42 Å². The van der Waals surface area contributed by atoms with Gasteiger partial charge >= 0.3 is 5.97 Å². The van der Waals surface area contributed by atoms with Gasteiger partial charge in [-0.25, -0.2) is 4.79 Å². The Morgan fingerprint density at radius 1 is 0.833 bits per heavy atom. The van der Waals surface area contributed by atoms with Gasteiger partial charge < -0.3 is 19.3 Å². The van der Waals surface area contributed by atoms with Crippen LogP contribution < -0.4 is 0 Å². The van der Waals surface area contributed by atoms with Crippen LogP contribution in [0.3, 0.4) is 0 Å². The van der Waals surface area contributed by atoms with E-state index in [9.17, 15) is 14.7 Å². The zero-order valence-corrected chi connectivity index (χ0v) is 16.8. The van der Waals surface area contributed by atoms with E-state index < -0.39 is 40.4 Å². The van der Waals surface area contributed by atoms with Crippen molar-refractivity contribution in [3.63, 3.8) is 0 Å². The Bertz CT molecular complexity index is 434. The van der Waals surface area contributed by atoms with Crippen molar-refractivity contribution in [3.8, 4) is 0 Å². The molecule has 0 spiro atoms. The molecular weight excluding hydrogens is 312 g/mol. The molecule has 0 amide bonds. The van der Waals surface area contributed by atoms with Crippen LogP contribution in [0.4, 0.5) is 0 Å². The Morgan fingerprint density at radius 3 is 1.42 bits per heavy atom. The van der Waals surface area contributed by atoms with Crippen LogP contribution in [0.2, 0.25) is 0 Å². The first-order valence-corrected chi connectivity index (χ1v) is 8.27. The molecule has 0 aromatic heterocycles. The second-order valence-corrected chi connectivity index (χ2v) is 8.86. The topological polar surface area (TPSA) is 82.1 Å². The van der Waals surface area contributed by atoms with E-state index in [4.69, 9.17) is 14.2 Å². The minimum atomic E-state index is -2.03. The smallest absolute Gasteiger partial charge is 0.344 e. The largest absolute Gasteiger partial charge is 0.479 e. The number of Topliss-reactive ketones (excluding diaryl/α,β-unsaturated/α-hetero) is 1. The third kappa shape index (κ3) is 7.28. The molecule has 0 rings (SSSR count). The van der Waals surface area contributed by atoms with E-state index in [1.807, 2.05) is 0 Å². The molecule has 0 radical (unpaired) electrons. The fourth-order valence-electron chi connectivity index (χ4n) is 2.08. The lowest BCUT2D eigenvalue weighted by Crippen LogP contribution is -2.58. The highest BCUT2D eigenvalue weighted by atomic mass is 16.7. The molecule has 24 heavy (non-hydrogen) atoms. The first-order chi connectivity index (χ1) is 10.4. The van der Waals surface area contributed by atoms with Crippen molar-refractivity contribution < 1.29 is 28.9 Å². The van der Waals surface area contributed by atoms with E-state index in [1.54, 1.807) is 69.2 Å². The van der Waals surface area contributed by atoms with Gasteiger partial charge in [-0.3, -0.25) is 4.79 Å². The maximum Gasteiger partial charge on any atom is 0.344 e. The van der Waals surface area contributed by atoms with Crippen LogP contribution in [-0.4, -0.2) is 45.6 Å². The number of aliphatic carboxylic acids is 1. The van der Waals surface area contributed by atoms with Crippen molar-refractivity contribution in [1.29, 1.82) is 0 Å². The third-order valence-corrected chi connectivity index (χ3v) is 2.86. The van der Waals surface area contributed by atoms with Gasteiger partial charge in [-0.05, 0) is 68.7 Å². The SMILES string of the molecule is CCC(OC(C)(C)C)(C(=O)O)C(=O)C(OC(C)(C)C)OC(C)(C)C. The minimum absolute atomic E-state index is 0.0318. The summed E-state index contributed by atoms with van der Waals surface area (Å²) < 4.78 is 17.2. The van der Waals surface area contributed by atoms with E-state index >= 15 is 0 Å². The van der Waals surface area contributed by atoms with Gasteiger partial charge in [0.2, 0.25) is 17.7 Å². The molecule has 0 saturated heterocycles. The summed E-state index contributed by atoms with van der Waals surface area (Å²) in [6, 6.07) is 0. The monoisotopic (exact) mass is 346 g/mol. The highest BCUT2D eigenvalue weighted by molar-refractivity contribution is 6.08. The van der Waals surface area contributed by atoms with Crippen molar-refractivity contribution >= 4 is 11.8 Å². The second-order valence-electron chi connectivity index (χ2n) is 8.86. The fourth-order valence-corrected chi connectivity index (χ4v) is 2.08. The van der Waals surface area contributed by atoms with Gasteiger partial charge in [0.25, 0.3) is 0 Å². The molecule has 0 heterocycles. The molecule has 1 atom stereocenters. The van der Waals surface area contributed by atoms with Crippen LogP contribution in [0, 0.1) is 0 Å². The molecule has 0 aromatic carbocycles. The summed E-state index contributed by atoms with van der Waals surface area (Å²) in [5.41, 5.74) is -4.23. The van der Waals surface area contributed by atoms with Crippen molar-refractivity contribution in [3.05, 3.63) is 0 Å². The Balaban J connectivity index is 5.93. The number of carbonyl (C=O) groups is 2. The average Bonchev–Trinajstić information content (AvgIpc) is 2.29. The summed E-state index contributed by atoms with van der Waals surface area (Å²) in [5.74, 6) is -2.08. The lowest BCUT2D eigenvalue weighted by Gasteiger charge is -2.39. The van der Waals surface area contributed by atoms with Crippen LogP contribution in [0.1, 0.15) is 75.7 Å². The summed E-state index contributed by atoms with van der Waals surface area (Å²) in [6.45, 7) is 17.4. The number of carbonyl (C=O) groups excluding carboxylic acids is 1. The van der Waals surface area contributed by atoms with E-state index in [0.29, 0.717) is 0 Å². The highest BCUT2D eigenvalue weighted by Crippen LogP contribution is 2.30. The highest BCUT2D eigenvalue weighted by Gasteiger charge is 2.53. The number of hydrogen-bond donors (Lipinski definition) is 1. The van der Waals surface area contributed by atoms with Crippen LogP contribution in [0.15, 0.2) is 0 Å². The molecule has 0 aliphatic carbocycles. The molecule has 1 unspecified atom stereocenters. The molecule has 0 saturated carbocycles. The Morgan fingerprint density at radius 2 is 1.21 bits per heavy atom. The molecule has 6 nitrogen and oxygen atoms in total. The molecule has 6 heteroatoms. The van der Waals surface area contributed by atoms with Crippen molar-refractivity contribution in [1.82, 2.24) is 0 Å². The van der Waals surface area contributed by atoms with Gasteiger partial charge in [-0.1, -0.05) is 6.92 Å². The van der Waals surface area contributed by atoms with Gasteiger partial charge in [0.15, 0.2) is 0 Å². The van der Waals surface area contributed by atoms with E-state index in [0.717, 1.165) is 0 Å². The van der Waals surface area contributed by atoms with Crippen LogP contribution >= 0.6 is 0 Å². The average molecular weight is 346 g/mol. The van der Waals surface area contributed by atoms with Crippen LogP contribution in [0.5, 0.6) is 0 Å². The summed E-state index contributed by atoms with van der Waals surface area (Å²) in [5, 5.41) is 9.75. The van der Waals surface area contributed by atoms with Gasteiger partial charge in [0, 0.05) is 0 Å². The molecule has 1 N–H and O–H groups in total. The Hall–Kier alpha value is -0.980. The van der Waals surface area contributed by atoms with Gasteiger partial charge in [0.05, 0.1) is 16.8 Å². The summed E-state index contributed by atoms with van der Waals surface area (Å²) in [4.78, 5) is 25.1. The number of rotatable bonds is 7. The summed E-state index contributed by atoms with van der Waals surface area (Å²) >= 11 is 0. The molecular formula is C18H34O6. The lowest BCUT2D eigenvalue weighted by atomic mass is 9.92. The number of ether oxygens (including phenoxy) is 3. The maximum atomic E-state index is 13.1. The summed E-state index contributed by atoms with van der Waals surface area (Å²) in [7, 11) is 0. The zero-order chi connectivity index (χ0) is 19.6. The predicted molar refractivity (Wildman–Crippen MR) is 92.0 cm³/mol. The quantitative estimate of drug-likeness (QED) is 0.561. The van der Waals surface area contributed by atoms with Gasteiger partial charge in [-0.15, -0.1) is 0 Å². The first-order valence-electron chi connectivity index (χ1n) is 8.27. The summed E-state index contributed by atoms with van der Waals surface area (Å²) in [6.07, 6.45) is -1.38. The Labute approximate surface area is 145 Å². The number of ketones is 1. The number of carboxylic acid groups (broad SMARTS) is 1. The van der Waals surface area contributed by atoms with E-state index in [2.05, 4.69) is 0 Å². The molecule has 0 aromatic rings. The predicted octanol–water partition coefficient (Wildman–Crippen LogP) is 3.56. The molecule has 0 bridgehead atoms. The normalized spacial score (nSPS) is 16.1. The number of carboxylic acids is 1. The molecule has 0 aliphatic rings. The molecule has 0 fully saturated rings. The maximum absolute atomic E-state index is 13.1. The standard InChI is InChI=1S/C18H34O6/c1-11-18(14(20)21,24-17(8,9)10)12(19)13(22-15(2,3)4)23-16(5,6)7/h13H,11H2,1-10H3,(H,20,21). The Kier molecular flexibility index (Phi) is 7.19. The lowest BCUT2D eigenvalue weighted by molar-refractivity contribution is -0.246. The van der Waals surface area contributed by atoms with Crippen LogP contribution in [0.25, 0.3) is 0 Å². The van der Waals surface area contributed by atoms with Crippen molar-refractivity contribution in [2.45, 2.75) is 104 Å². The first kappa shape index (κ1) is 23.0. The van der Waals surface area contributed by atoms with Crippen molar-refractivity contribution in [2.24, 2.45) is 0 Å². The fraction of sp³-hybridized carbons (Fsp3) is 0.889.